The summed E-state index contributed by atoms with van der Waals surface area (Å²) >= 11 is 0. The third-order valence-corrected chi connectivity index (χ3v) is 7.19. The van der Waals surface area contributed by atoms with Gasteiger partial charge in [0.15, 0.2) is 5.76 Å². The Bertz CT molecular complexity index is 1270. The van der Waals surface area contributed by atoms with E-state index in [0.29, 0.717) is 5.56 Å². The summed E-state index contributed by atoms with van der Waals surface area (Å²) in [4.78, 5) is 3.87. The fourth-order valence-corrected chi connectivity index (χ4v) is 4.00. The number of rotatable bonds is 10. The fourth-order valence-electron chi connectivity index (χ4n) is 2.79. The Balaban J connectivity index is 2.01. The molecule has 1 N–H and O–H groups in total. The van der Waals surface area contributed by atoms with E-state index < -0.39 is 49.0 Å². The summed E-state index contributed by atoms with van der Waals surface area (Å²) in [6, 6.07) is 16.0. The van der Waals surface area contributed by atoms with Crippen LogP contribution in [0.15, 0.2) is 65.1 Å². The smallest absolute Gasteiger partial charge is 0.435 e. The van der Waals surface area contributed by atoms with Crippen LogP contribution >= 0.6 is 0 Å². The van der Waals surface area contributed by atoms with Crippen LogP contribution in [0.3, 0.4) is 0 Å². The highest BCUT2D eigenvalue weighted by atomic mass is 32.2. The number of nitrogens with one attached hydrogen (secondary N) is 1. The highest BCUT2D eigenvalue weighted by Gasteiger charge is 2.50. The van der Waals surface area contributed by atoms with Crippen molar-refractivity contribution in [2.45, 2.75) is 43.7 Å². The number of benzene rings is 2. The van der Waals surface area contributed by atoms with Gasteiger partial charge in [-0.2, -0.15) is 26.6 Å². The highest BCUT2D eigenvalue weighted by Crippen LogP contribution is 2.35. The van der Waals surface area contributed by atoms with E-state index in [4.69, 9.17) is 9.15 Å². The second-order valence-electron chi connectivity index (χ2n) is 8.59. The van der Waals surface area contributed by atoms with Crippen molar-refractivity contribution >= 4 is 21.1 Å². The number of aromatic nitrogens is 1. The maximum Gasteiger partial charge on any atom is 0.534 e. The molecule has 0 bridgehead atoms. The number of ether oxygens (including phenoxy) is 1. The molecule has 3 rings (SSSR count). The molecule has 0 radical (unpaired) electrons. The Labute approximate surface area is 209 Å². The van der Waals surface area contributed by atoms with Crippen molar-refractivity contribution in [1.82, 2.24) is 9.71 Å². The topological polar surface area (TPSA) is 108 Å². The van der Waals surface area contributed by atoms with Gasteiger partial charge in [-0.15, -0.1) is 0 Å². The lowest BCUT2D eigenvalue weighted by Gasteiger charge is -2.23. The van der Waals surface area contributed by atoms with Gasteiger partial charge in [0.05, 0.1) is 28.9 Å². The molecule has 13 heteroatoms. The molecule has 0 aliphatic heterocycles. The molecule has 2 aromatic carbocycles. The monoisotopic (exact) mass is 546 g/mol. The van der Waals surface area contributed by atoms with Crippen molar-refractivity contribution in [1.29, 1.82) is 0 Å². The Morgan fingerprint density at radius 2 is 1.61 bits per heavy atom. The Morgan fingerprint density at radius 3 is 2.17 bits per heavy atom. The lowest BCUT2D eigenvalue weighted by molar-refractivity contribution is -0.0502. The van der Waals surface area contributed by atoms with Crippen LogP contribution in [-0.2, 0) is 32.4 Å². The maximum atomic E-state index is 13.1. The average Bonchev–Trinajstić information content (AvgIpc) is 3.21. The van der Waals surface area contributed by atoms with Crippen molar-refractivity contribution in [2.24, 2.45) is 0 Å². The maximum absolute atomic E-state index is 13.1. The number of nitrogens with zero attached hydrogens (tertiary/aromatic N) is 1. The molecule has 1 aromatic heterocycles. The first-order valence-electron chi connectivity index (χ1n) is 10.6. The van der Waals surface area contributed by atoms with Gasteiger partial charge in [0.1, 0.15) is 6.04 Å². The van der Waals surface area contributed by atoms with Gasteiger partial charge in [0, 0.05) is 5.56 Å². The van der Waals surface area contributed by atoms with Gasteiger partial charge in [0.2, 0.25) is 5.89 Å². The van der Waals surface area contributed by atoms with Crippen LogP contribution in [0.5, 0.6) is 5.88 Å². The predicted octanol–water partition coefficient (Wildman–Crippen LogP) is 4.88. The lowest BCUT2D eigenvalue weighted by Crippen LogP contribution is -2.37. The Hall–Kier alpha value is -2.74. The molecule has 2 atom stereocenters. The minimum Gasteiger partial charge on any atom is -0.435 e. The van der Waals surface area contributed by atoms with E-state index in [2.05, 4.69) is 13.9 Å². The summed E-state index contributed by atoms with van der Waals surface area (Å²) in [5, 5.41) is 0. The van der Waals surface area contributed by atoms with Gasteiger partial charge >= 0.3 is 15.6 Å². The molecule has 1 heterocycles. The van der Waals surface area contributed by atoms with Crippen molar-refractivity contribution in [2.75, 3.05) is 6.61 Å². The van der Waals surface area contributed by atoms with E-state index in [-0.39, 0.29) is 19.1 Å². The fraction of sp³-hybridized carbons (Fsp3) is 0.348. The number of alkyl halides is 3. The van der Waals surface area contributed by atoms with Crippen LogP contribution in [0.2, 0.25) is 0 Å². The van der Waals surface area contributed by atoms with Crippen LogP contribution in [0.25, 0.3) is 11.5 Å². The molecule has 8 nitrogen and oxygen atoms in total. The van der Waals surface area contributed by atoms with E-state index in [9.17, 15) is 25.8 Å². The van der Waals surface area contributed by atoms with Crippen LogP contribution < -0.4 is 8.91 Å². The molecule has 0 aliphatic carbocycles. The quantitative estimate of drug-likeness (QED) is 0.285. The first kappa shape index (κ1) is 27.8. The van der Waals surface area contributed by atoms with Crippen LogP contribution in [-0.4, -0.2) is 34.5 Å². The van der Waals surface area contributed by atoms with E-state index in [1.807, 2.05) is 18.2 Å². The van der Waals surface area contributed by atoms with Crippen LogP contribution in [0.4, 0.5) is 13.2 Å². The van der Waals surface area contributed by atoms with Gasteiger partial charge in [-0.25, -0.2) is 8.93 Å². The molecule has 0 amide bonds. The van der Waals surface area contributed by atoms with Gasteiger partial charge in [-0.3, -0.25) is 0 Å². The Kier molecular flexibility index (Phi) is 8.59. The number of oxazole rings is 1. The molecule has 196 valence electrons. The zero-order valence-electron chi connectivity index (χ0n) is 19.6. The molecule has 0 aliphatic rings. The molecule has 1 unspecified atom stereocenters. The average molecular weight is 547 g/mol. The predicted molar refractivity (Wildman–Crippen MR) is 127 cm³/mol. The highest BCUT2D eigenvalue weighted by molar-refractivity contribution is 7.88. The zero-order chi connectivity index (χ0) is 26.6. The van der Waals surface area contributed by atoms with Gasteiger partial charge < -0.3 is 13.3 Å². The third kappa shape index (κ3) is 7.15. The summed E-state index contributed by atoms with van der Waals surface area (Å²) in [7, 11) is -7.81. The van der Waals surface area contributed by atoms with Crippen molar-refractivity contribution in [3.63, 3.8) is 0 Å². The van der Waals surface area contributed by atoms with E-state index >= 15 is 0 Å². The molecular weight excluding hydrogens is 521 g/mol. The summed E-state index contributed by atoms with van der Waals surface area (Å²) < 4.78 is 93.4. The molecular formula is C23H25F3N2O6S2. The number of hydrogen-bond donors (Lipinski definition) is 1. The van der Waals surface area contributed by atoms with Crippen LogP contribution in [0, 0.1) is 0 Å². The van der Waals surface area contributed by atoms with Crippen molar-refractivity contribution in [3.8, 4) is 17.3 Å². The largest absolute Gasteiger partial charge is 0.534 e. The minimum absolute atomic E-state index is 0.123. The number of halogens is 3. The molecule has 36 heavy (non-hydrogen) atoms. The lowest BCUT2D eigenvalue weighted by atomic mass is 10.2. The molecule has 0 saturated carbocycles. The summed E-state index contributed by atoms with van der Waals surface area (Å²) in [6.45, 7) is 4.92. The second kappa shape index (κ2) is 11.1. The zero-order valence-corrected chi connectivity index (χ0v) is 21.2. The third-order valence-electron chi connectivity index (χ3n) is 4.63. The van der Waals surface area contributed by atoms with Gasteiger partial charge in [-0.1, -0.05) is 48.5 Å². The van der Waals surface area contributed by atoms with Crippen LogP contribution in [0.1, 0.15) is 38.1 Å². The van der Waals surface area contributed by atoms with Crippen molar-refractivity contribution in [3.05, 3.63) is 72.0 Å². The summed E-state index contributed by atoms with van der Waals surface area (Å²) in [6.07, 6.45) is 0. The van der Waals surface area contributed by atoms with E-state index in [0.717, 1.165) is 5.56 Å². The second-order valence-corrected chi connectivity index (χ2v) is 12.1. The molecule has 0 fully saturated rings. The van der Waals surface area contributed by atoms with E-state index in [1.165, 1.54) is 0 Å². The minimum atomic E-state index is -6.06. The molecule has 0 spiro atoms. The summed E-state index contributed by atoms with van der Waals surface area (Å²) in [5.41, 5.74) is -4.53. The normalized spacial score (nSPS) is 14.4. The van der Waals surface area contributed by atoms with Gasteiger partial charge in [-0.05, 0) is 38.5 Å². The summed E-state index contributed by atoms with van der Waals surface area (Å²) in [5.74, 6) is -1.53. The Morgan fingerprint density at radius 1 is 1.03 bits per heavy atom. The SMILES string of the molecule is CC(C)(C)[S@](=O)NC(COCc1ccccc1)c1oc(-c2ccccc2)nc1OS(=O)(=O)C(F)(F)F. The van der Waals surface area contributed by atoms with E-state index in [1.54, 1.807) is 63.2 Å². The molecule has 3 aromatic rings. The van der Waals surface area contributed by atoms with Crippen molar-refractivity contribution < 1.29 is 39.1 Å². The standard InChI is InChI=1S/C23H25F3N2O6S2/c1-22(2,3)35(29)28-18(15-32-14-16-10-6-4-7-11-16)19-21(34-36(30,31)23(24,25)26)27-20(33-19)17-12-8-5-9-13-17/h4-13,18,28H,14-15H2,1-3H3/t18?,35-/m0/s1. The number of hydrogen-bond acceptors (Lipinski definition) is 7. The van der Waals surface area contributed by atoms with Gasteiger partial charge in [0.25, 0.3) is 5.88 Å². The first-order chi connectivity index (χ1) is 16.8. The first-order valence-corrected chi connectivity index (χ1v) is 13.2. The molecule has 0 saturated heterocycles.